The normalized spacial score (nSPS) is 10.2. The van der Waals surface area contributed by atoms with Gasteiger partial charge in [-0.15, -0.1) is 0 Å². The highest BCUT2D eigenvalue weighted by molar-refractivity contribution is 14.1. The van der Waals surface area contributed by atoms with Crippen LogP contribution in [-0.4, -0.2) is 15.1 Å². The minimum absolute atomic E-state index is 0.0800. The van der Waals surface area contributed by atoms with Crippen LogP contribution in [0.25, 0.3) is 0 Å². The molecule has 6 nitrogen and oxygen atoms in total. The number of benzene rings is 1. The number of hydrogen-bond acceptors (Lipinski definition) is 4. The molecule has 0 fully saturated rings. The van der Waals surface area contributed by atoms with Crippen molar-refractivity contribution in [2.24, 2.45) is 0 Å². The molecule has 0 saturated heterocycles. The van der Waals surface area contributed by atoms with E-state index in [4.69, 9.17) is 0 Å². The van der Waals surface area contributed by atoms with Gasteiger partial charge in [-0.2, -0.15) is 5.10 Å². The molecule has 0 bridgehead atoms. The Kier molecular flexibility index (Phi) is 3.57. The second-order valence-electron chi connectivity index (χ2n) is 3.35. The molecular weight excluding hydrogens is 335 g/mol. The van der Waals surface area contributed by atoms with Crippen molar-refractivity contribution in [1.29, 1.82) is 0 Å². The molecule has 1 heterocycles. The van der Waals surface area contributed by atoms with E-state index < -0.39 is 4.92 Å². The van der Waals surface area contributed by atoms with Crippen LogP contribution >= 0.6 is 22.6 Å². The maximum absolute atomic E-state index is 10.9. The zero-order valence-electron chi connectivity index (χ0n) is 8.68. The van der Waals surface area contributed by atoms with Crippen LogP contribution in [-0.2, 0) is 6.54 Å². The van der Waals surface area contributed by atoms with Crippen molar-refractivity contribution < 1.29 is 4.92 Å². The lowest BCUT2D eigenvalue weighted by Crippen LogP contribution is -2.03. The van der Waals surface area contributed by atoms with Crippen LogP contribution in [0.4, 0.5) is 11.4 Å². The monoisotopic (exact) mass is 344 g/mol. The van der Waals surface area contributed by atoms with Crippen molar-refractivity contribution in [3.63, 3.8) is 0 Å². The molecule has 0 radical (unpaired) electrons. The maximum Gasteiger partial charge on any atom is 0.293 e. The van der Waals surface area contributed by atoms with Crippen molar-refractivity contribution in [1.82, 2.24) is 10.2 Å². The highest BCUT2D eigenvalue weighted by Gasteiger charge is 2.13. The van der Waals surface area contributed by atoms with Gasteiger partial charge in [-0.3, -0.25) is 15.2 Å². The van der Waals surface area contributed by atoms with Crippen LogP contribution < -0.4 is 5.32 Å². The number of aromatic amines is 1. The van der Waals surface area contributed by atoms with Gasteiger partial charge in [-0.05, 0) is 40.8 Å². The molecule has 2 aromatic rings. The predicted octanol–water partition coefficient (Wildman–Crippen LogP) is 2.53. The molecule has 0 unspecified atom stereocenters. The van der Waals surface area contributed by atoms with Crippen molar-refractivity contribution in [2.75, 3.05) is 5.32 Å². The molecule has 17 heavy (non-hydrogen) atoms. The SMILES string of the molecule is O=[N+]([O-])c1cc(I)ccc1NCc1ccn[nH]1. The molecule has 0 aliphatic rings. The van der Waals surface area contributed by atoms with E-state index in [9.17, 15) is 10.1 Å². The Morgan fingerprint density at radius 1 is 1.47 bits per heavy atom. The number of halogens is 1. The molecule has 0 spiro atoms. The first kappa shape index (κ1) is 11.8. The highest BCUT2D eigenvalue weighted by atomic mass is 127. The third-order valence-electron chi connectivity index (χ3n) is 2.18. The van der Waals surface area contributed by atoms with Gasteiger partial charge in [0.15, 0.2) is 0 Å². The summed E-state index contributed by atoms with van der Waals surface area (Å²) in [5, 5.41) is 20.5. The van der Waals surface area contributed by atoms with Crippen molar-refractivity contribution in [3.05, 3.63) is 49.8 Å². The summed E-state index contributed by atoms with van der Waals surface area (Å²) in [6.07, 6.45) is 1.64. The first-order valence-corrected chi connectivity index (χ1v) is 5.91. The minimum atomic E-state index is -0.391. The highest BCUT2D eigenvalue weighted by Crippen LogP contribution is 2.26. The molecule has 0 amide bonds. The molecular formula is C10H9IN4O2. The second kappa shape index (κ2) is 5.13. The summed E-state index contributed by atoms with van der Waals surface area (Å²) in [4.78, 5) is 10.5. The Balaban J connectivity index is 2.17. The zero-order chi connectivity index (χ0) is 12.3. The fraction of sp³-hybridized carbons (Fsp3) is 0.100. The summed E-state index contributed by atoms with van der Waals surface area (Å²) in [5.41, 5.74) is 1.46. The average molecular weight is 344 g/mol. The summed E-state index contributed by atoms with van der Waals surface area (Å²) < 4.78 is 0.835. The molecule has 1 aromatic heterocycles. The van der Waals surface area contributed by atoms with Gasteiger partial charge in [-0.1, -0.05) is 0 Å². The van der Waals surface area contributed by atoms with Gasteiger partial charge in [0.2, 0.25) is 0 Å². The first-order chi connectivity index (χ1) is 8.16. The van der Waals surface area contributed by atoms with E-state index in [-0.39, 0.29) is 5.69 Å². The summed E-state index contributed by atoms with van der Waals surface area (Å²) in [7, 11) is 0. The Morgan fingerprint density at radius 3 is 2.94 bits per heavy atom. The standard InChI is InChI=1S/C10H9IN4O2/c11-7-1-2-9(10(5-7)15(16)17)12-6-8-3-4-13-14-8/h1-5,12H,6H2,(H,13,14). The number of rotatable bonds is 4. The van der Waals surface area contributed by atoms with E-state index in [1.807, 2.05) is 34.7 Å². The van der Waals surface area contributed by atoms with Crippen LogP contribution in [0.1, 0.15) is 5.69 Å². The van der Waals surface area contributed by atoms with E-state index in [1.165, 1.54) is 6.07 Å². The summed E-state index contributed by atoms with van der Waals surface area (Å²) in [5.74, 6) is 0. The van der Waals surface area contributed by atoms with Gasteiger partial charge < -0.3 is 5.32 Å². The molecule has 0 aliphatic carbocycles. The van der Waals surface area contributed by atoms with Gasteiger partial charge in [0, 0.05) is 15.8 Å². The first-order valence-electron chi connectivity index (χ1n) is 4.83. The second-order valence-corrected chi connectivity index (χ2v) is 4.60. The molecule has 7 heteroatoms. The van der Waals surface area contributed by atoms with E-state index in [1.54, 1.807) is 12.3 Å². The van der Waals surface area contributed by atoms with Crippen LogP contribution in [0.15, 0.2) is 30.5 Å². The number of H-pyrrole nitrogens is 1. The summed E-state index contributed by atoms with van der Waals surface area (Å²) in [6.45, 7) is 0.474. The number of anilines is 1. The largest absolute Gasteiger partial charge is 0.374 e. The number of nitrogens with zero attached hydrogens (tertiary/aromatic N) is 2. The van der Waals surface area contributed by atoms with E-state index in [0.29, 0.717) is 12.2 Å². The van der Waals surface area contributed by atoms with Crippen molar-refractivity contribution >= 4 is 34.0 Å². The third-order valence-corrected chi connectivity index (χ3v) is 2.86. The lowest BCUT2D eigenvalue weighted by Gasteiger charge is -2.05. The Hall–Kier alpha value is -1.64. The molecule has 2 N–H and O–H groups in total. The minimum Gasteiger partial charge on any atom is -0.374 e. The van der Waals surface area contributed by atoms with Gasteiger partial charge in [0.1, 0.15) is 5.69 Å². The lowest BCUT2D eigenvalue weighted by molar-refractivity contribution is -0.384. The van der Waals surface area contributed by atoms with E-state index in [0.717, 1.165) is 9.26 Å². The Labute approximate surface area is 111 Å². The van der Waals surface area contributed by atoms with Gasteiger partial charge in [0.05, 0.1) is 17.2 Å². The van der Waals surface area contributed by atoms with Crippen LogP contribution in [0.3, 0.4) is 0 Å². The van der Waals surface area contributed by atoms with Gasteiger partial charge >= 0.3 is 0 Å². The zero-order valence-corrected chi connectivity index (χ0v) is 10.8. The van der Waals surface area contributed by atoms with Crippen molar-refractivity contribution in [3.8, 4) is 0 Å². The van der Waals surface area contributed by atoms with E-state index >= 15 is 0 Å². The number of aromatic nitrogens is 2. The Morgan fingerprint density at radius 2 is 2.29 bits per heavy atom. The maximum atomic E-state index is 10.9. The summed E-state index contributed by atoms with van der Waals surface area (Å²) >= 11 is 2.05. The van der Waals surface area contributed by atoms with Crippen molar-refractivity contribution in [2.45, 2.75) is 6.54 Å². The fourth-order valence-corrected chi connectivity index (χ4v) is 1.85. The molecule has 2 rings (SSSR count). The quantitative estimate of drug-likeness (QED) is 0.507. The van der Waals surface area contributed by atoms with Gasteiger partial charge in [0.25, 0.3) is 5.69 Å². The number of hydrogen-bond donors (Lipinski definition) is 2. The number of nitrogens with one attached hydrogen (secondary N) is 2. The molecule has 1 aromatic carbocycles. The molecule has 0 atom stereocenters. The van der Waals surface area contributed by atoms with Crippen LogP contribution in [0.5, 0.6) is 0 Å². The van der Waals surface area contributed by atoms with Gasteiger partial charge in [-0.25, -0.2) is 0 Å². The molecule has 0 aliphatic heterocycles. The van der Waals surface area contributed by atoms with E-state index in [2.05, 4.69) is 15.5 Å². The smallest absolute Gasteiger partial charge is 0.293 e. The average Bonchev–Trinajstić information content (AvgIpc) is 2.80. The van der Waals surface area contributed by atoms with Crippen LogP contribution in [0, 0.1) is 13.7 Å². The Bertz CT molecular complexity index is 527. The fourth-order valence-electron chi connectivity index (χ4n) is 1.38. The third kappa shape index (κ3) is 2.93. The van der Waals surface area contributed by atoms with Crippen LogP contribution in [0.2, 0.25) is 0 Å². The summed E-state index contributed by atoms with van der Waals surface area (Å²) in [6, 6.07) is 6.88. The number of nitro benzene ring substituents is 1. The molecule has 88 valence electrons. The molecule has 0 saturated carbocycles. The number of nitro groups is 1. The topological polar surface area (TPSA) is 83.8 Å². The lowest BCUT2D eigenvalue weighted by atomic mass is 10.2. The predicted molar refractivity (Wildman–Crippen MR) is 71.7 cm³/mol.